The molecule has 0 spiro atoms. The molecule has 96 valence electrons. The fourth-order valence-corrected chi connectivity index (χ4v) is 2.99. The number of hydrogen-bond donors (Lipinski definition) is 1. The van der Waals surface area contributed by atoms with Gasteiger partial charge in [-0.25, -0.2) is 0 Å². The third-order valence-corrected chi connectivity index (χ3v) is 4.34. The van der Waals surface area contributed by atoms with E-state index in [-0.39, 0.29) is 0 Å². The highest BCUT2D eigenvalue weighted by atomic mass is 35.5. The van der Waals surface area contributed by atoms with Gasteiger partial charge in [0.2, 0.25) is 0 Å². The zero-order chi connectivity index (χ0) is 12.9. The molecule has 2 unspecified atom stereocenters. The molecule has 1 aliphatic carbocycles. The van der Waals surface area contributed by atoms with E-state index in [1.807, 2.05) is 25.2 Å². The first-order valence-electron chi connectivity index (χ1n) is 6.37. The molecule has 1 saturated carbocycles. The second-order valence-electron chi connectivity index (χ2n) is 5.90. The molecule has 18 heavy (non-hydrogen) atoms. The first kappa shape index (κ1) is 12.1. The molecule has 0 amide bonds. The summed E-state index contributed by atoms with van der Waals surface area (Å²) in [5.74, 6) is 1.67. The average molecular weight is 264 g/mol. The van der Waals surface area contributed by atoms with Gasteiger partial charge in [-0.05, 0) is 49.1 Å². The Morgan fingerprint density at radius 1 is 1.39 bits per heavy atom. The van der Waals surface area contributed by atoms with Crippen molar-refractivity contribution in [2.45, 2.75) is 26.3 Å². The van der Waals surface area contributed by atoms with Crippen molar-refractivity contribution in [3.63, 3.8) is 0 Å². The van der Waals surface area contributed by atoms with Crippen LogP contribution in [-0.2, 0) is 0 Å². The molecule has 1 fully saturated rings. The van der Waals surface area contributed by atoms with Gasteiger partial charge in [-0.3, -0.25) is 0 Å². The zero-order valence-electron chi connectivity index (χ0n) is 11.0. The van der Waals surface area contributed by atoms with Crippen molar-refractivity contribution in [2.75, 3.05) is 7.05 Å². The Hall–Kier alpha value is -0.990. The molecule has 1 N–H and O–H groups in total. The van der Waals surface area contributed by atoms with Crippen molar-refractivity contribution in [1.82, 2.24) is 5.32 Å². The van der Waals surface area contributed by atoms with Gasteiger partial charge in [0.25, 0.3) is 0 Å². The normalized spacial score (nSPS) is 23.2. The van der Waals surface area contributed by atoms with Gasteiger partial charge in [0.1, 0.15) is 11.3 Å². The van der Waals surface area contributed by atoms with Crippen molar-refractivity contribution in [3.05, 3.63) is 35.0 Å². The SMILES string of the molecule is CNC(c1cc2cc(Cl)ccc2o1)C1CC1(C)C. The summed E-state index contributed by atoms with van der Waals surface area (Å²) in [4.78, 5) is 0. The van der Waals surface area contributed by atoms with Gasteiger partial charge in [0.15, 0.2) is 0 Å². The maximum absolute atomic E-state index is 6.00. The summed E-state index contributed by atoms with van der Waals surface area (Å²) < 4.78 is 5.95. The second-order valence-corrected chi connectivity index (χ2v) is 6.33. The molecule has 0 bridgehead atoms. The summed E-state index contributed by atoms with van der Waals surface area (Å²) in [6.45, 7) is 4.61. The lowest BCUT2D eigenvalue weighted by atomic mass is 10.0. The second kappa shape index (κ2) is 4.01. The van der Waals surface area contributed by atoms with Gasteiger partial charge in [-0.1, -0.05) is 25.4 Å². The Morgan fingerprint density at radius 2 is 2.11 bits per heavy atom. The quantitative estimate of drug-likeness (QED) is 0.888. The van der Waals surface area contributed by atoms with Crippen LogP contribution < -0.4 is 5.32 Å². The minimum Gasteiger partial charge on any atom is -0.459 e. The number of halogens is 1. The Labute approximate surface area is 112 Å². The molecule has 1 aromatic heterocycles. The van der Waals surface area contributed by atoms with Gasteiger partial charge in [-0.2, -0.15) is 0 Å². The van der Waals surface area contributed by atoms with Gasteiger partial charge in [-0.15, -0.1) is 0 Å². The monoisotopic (exact) mass is 263 g/mol. The zero-order valence-corrected chi connectivity index (χ0v) is 11.7. The van der Waals surface area contributed by atoms with Crippen LogP contribution in [-0.4, -0.2) is 7.05 Å². The minimum absolute atomic E-state index is 0.297. The summed E-state index contributed by atoms with van der Waals surface area (Å²) >= 11 is 6.00. The van der Waals surface area contributed by atoms with Crippen LogP contribution in [0.2, 0.25) is 5.02 Å². The van der Waals surface area contributed by atoms with E-state index in [2.05, 4.69) is 25.2 Å². The third kappa shape index (κ3) is 1.94. The van der Waals surface area contributed by atoms with E-state index in [9.17, 15) is 0 Å². The summed E-state index contributed by atoms with van der Waals surface area (Å²) in [6, 6.07) is 8.16. The van der Waals surface area contributed by atoms with Crippen LogP contribution in [0.25, 0.3) is 11.0 Å². The van der Waals surface area contributed by atoms with Crippen molar-refractivity contribution < 1.29 is 4.42 Å². The summed E-state index contributed by atoms with van der Waals surface area (Å²) in [5, 5.41) is 5.22. The molecule has 0 saturated heterocycles. The van der Waals surface area contributed by atoms with Crippen molar-refractivity contribution in [1.29, 1.82) is 0 Å². The van der Waals surface area contributed by atoms with Gasteiger partial charge in [0.05, 0.1) is 6.04 Å². The maximum atomic E-state index is 6.00. The lowest BCUT2D eigenvalue weighted by Gasteiger charge is -2.15. The Kier molecular flexibility index (Phi) is 2.68. The summed E-state index contributed by atoms with van der Waals surface area (Å²) in [5.41, 5.74) is 1.33. The lowest BCUT2D eigenvalue weighted by Crippen LogP contribution is -2.19. The highest BCUT2D eigenvalue weighted by Gasteiger charge is 2.51. The molecule has 1 aromatic carbocycles. The predicted molar refractivity (Wildman–Crippen MR) is 74.9 cm³/mol. The predicted octanol–water partition coefficient (Wildman–Crippen LogP) is 4.39. The van der Waals surface area contributed by atoms with Crippen LogP contribution in [0.4, 0.5) is 0 Å². The summed E-state index contributed by atoms with van der Waals surface area (Å²) in [6.07, 6.45) is 1.25. The Morgan fingerprint density at radius 3 is 2.72 bits per heavy atom. The molecule has 0 aliphatic heterocycles. The molecule has 2 aromatic rings. The van der Waals surface area contributed by atoms with E-state index in [1.165, 1.54) is 6.42 Å². The largest absolute Gasteiger partial charge is 0.459 e. The van der Waals surface area contributed by atoms with Crippen LogP contribution >= 0.6 is 11.6 Å². The van der Waals surface area contributed by atoms with Crippen molar-refractivity contribution in [3.8, 4) is 0 Å². The summed E-state index contributed by atoms with van der Waals surface area (Å²) in [7, 11) is 2.00. The first-order valence-corrected chi connectivity index (χ1v) is 6.75. The third-order valence-electron chi connectivity index (χ3n) is 4.11. The number of hydrogen-bond acceptors (Lipinski definition) is 2. The average Bonchev–Trinajstić information content (AvgIpc) is 2.74. The van der Waals surface area contributed by atoms with Gasteiger partial charge < -0.3 is 9.73 Å². The molecule has 2 atom stereocenters. The van der Waals surface area contributed by atoms with E-state index >= 15 is 0 Å². The maximum Gasteiger partial charge on any atom is 0.134 e. The van der Waals surface area contributed by atoms with E-state index < -0.39 is 0 Å². The Bertz CT molecular complexity index is 587. The van der Waals surface area contributed by atoms with Gasteiger partial charge in [0, 0.05) is 10.4 Å². The number of rotatable bonds is 3. The Balaban J connectivity index is 1.98. The molecule has 1 heterocycles. The van der Waals surface area contributed by atoms with Crippen LogP contribution in [0.1, 0.15) is 32.1 Å². The van der Waals surface area contributed by atoms with E-state index in [4.69, 9.17) is 16.0 Å². The van der Waals surface area contributed by atoms with Gasteiger partial charge >= 0.3 is 0 Å². The topological polar surface area (TPSA) is 25.2 Å². The fraction of sp³-hybridized carbons (Fsp3) is 0.467. The molecule has 1 aliphatic rings. The van der Waals surface area contributed by atoms with E-state index in [0.717, 1.165) is 21.8 Å². The van der Waals surface area contributed by atoms with Crippen molar-refractivity contribution >= 4 is 22.6 Å². The molecule has 0 radical (unpaired) electrons. The van der Waals surface area contributed by atoms with Crippen LogP contribution in [0.15, 0.2) is 28.7 Å². The van der Waals surface area contributed by atoms with E-state index in [1.54, 1.807) is 0 Å². The first-order chi connectivity index (χ1) is 8.51. The number of benzene rings is 1. The van der Waals surface area contributed by atoms with Crippen LogP contribution in [0.5, 0.6) is 0 Å². The standard InChI is InChI=1S/C15H18ClNO/c1-15(2)8-11(15)14(17-3)13-7-9-6-10(16)4-5-12(9)18-13/h4-7,11,14,17H,8H2,1-3H3. The molecule has 3 rings (SSSR count). The molecular formula is C15H18ClNO. The van der Waals surface area contributed by atoms with Crippen molar-refractivity contribution in [2.24, 2.45) is 11.3 Å². The molecular weight excluding hydrogens is 246 g/mol. The number of fused-ring (bicyclic) bond motifs is 1. The molecule has 3 heteroatoms. The number of nitrogens with one attached hydrogen (secondary N) is 1. The fourth-order valence-electron chi connectivity index (χ4n) is 2.81. The molecule has 2 nitrogen and oxygen atoms in total. The minimum atomic E-state index is 0.297. The van der Waals surface area contributed by atoms with E-state index in [0.29, 0.717) is 17.4 Å². The lowest BCUT2D eigenvalue weighted by molar-refractivity contribution is 0.377. The number of furan rings is 1. The highest BCUT2D eigenvalue weighted by Crippen LogP contribution is 2.57. The highest BCUT2D eigenvalue weighted by molar-refractivity contribution is 6.31. The van der Waals surface area contributed by atoms with Crippen LogP contribution in [0, 0.1) is 11.3 Å². The van der Waals surface area contributed by atoms with Crippen LogP contribution in [0.3, 0.4) is 0 Å². The smallest absolute Gasteiger partial charge is 0.134 e.